The monoisotopic (exact) mass is 581 g/mol. The van der Waals surface area contributed by atoms with Gasteiger partial charge in [-0.15, -0.1) is 0 Å². The number of carbonyl (C=O) groups excluding carboxylic acids is 3. The molecule has 220 valence electrons. The summed E-state index contributed by atoms with van der Waals surface area (Å²) < 4.78 is 30.4. The maximum Gasteiger partial charge on any atom is 0.418 e. The van der Waals surface area contributed by atoms with Crippen molar-refractivity contribution in [1.29, 1.82) is 0 Å². The van der Waals surface area contributed by atoms with E-state index < -0.39 is 44.0 Å². The maximum atomic E-state index is 14.0. The highest BCUT2D eigenvalue weighted by atomic mass is 28.4. The van der Waals surface area contributed by atoms with Gasteiger partial charge < -0.3 is 23.4 Å². The van der Waals surface area contributed by atoms with Crippen LogP contribution in [0.5, 0.6) is 0 Å². The summed E-state index contributed by atoms with van der Waals surface area (Å²) in [7, 11) is 0.300. The zero-order valence-corrected chi connectivity index (χ0v) is 25.8. The summed E-state index contributed by atoms with van der Waals surface area (Å²) in [6, 6.07) is 18.1. The molecule has 0 saturated carbocycles. The van der Waals surface area contributed by atoms with Crippen LogP contribution in [0.15, 0.2) is 60.7 Å². The van der Waals surface area contributed by atoms with Gasteiger partial charge in [-0.3, -0.25) is 9.59 Å². The second kappa shape index (κ2) is 11.8. The molecule has 1 saturated heterocycles. The van der Waals surface area contributed by atoms with Crippen molar-refractivity contribution in [2.75, 3.05) is 20.8 Å². The first-order chi connectivity index (χ1) is 19.4. The molecule has 0 aliphatic carbocycles. The third kappa shape index (κ3) is 5.82. The first-order valence-electron chi connectivity index (χ1n) is 13.6. The predicted octanol–water partition coefficient (Wildman–Crippen LogP) is 6.01. The van der Waals surface area contributed by atoms with Crippen molar-refractivity contribution in [2.24, 2.45) is 5.41 Å². The fraction of sp³-hybridized carbons (Fsp3) is 0.452. The molecule has 0 radical (unpaired) electrons. The number of methoxy groups -OCH3 is 2. The molecular weight excluding hydrogens is 542 g/mol. The van der Waals surface area contributed by atoms with Gasteiger partial charge in [-0.1, -0.05) is 69.3 Å². The minimum absolute atomic E-state index is 0.0454. The summed E-state index contributed by atoms with van der Waals surface area (Å²) in [5.41, 5.74) is -0.298. The third-order valence-corrected chi connectivity index (χ3v) is 12.8. The van der Waals surface area contributed by atoms with Crippen molar-refractivity contribution < 1.29 is 37.8 Å². The highest BCUT2D eigenvalue weighted by Gasteiger charge is 2.63. The molecule has 1 aliphatic rings. The van der Waals surface area contributed by atoms with E-state index >= 15 is 0 Å². The van der Waals surface area contributed by atoms with Crippen LogP contribution in [0.25, 0.3) is 10.9 Å². The van der Waals surface area contributed by atoms with E-state index in [1.165, 1.54) is 18.8 Å². The quantitative estimate of drug-likeness (QED) is 0.138. The van der Waals surface area contributed by atoms with E-state index in [1.54, 1.807) is 18.2 Å². The Hall–Kier alpha value is -3.47. The van der Waals surface area contributed by atoms with Gasteiger partial charge >= 0.3 is 18.0 Å². The molecule has 1 aromatic heterocycles. The average Bonchev–Trinajstić information content (AvgIpc) is 3.53. The van der Waals surface area contributed by atoms with E-state index in [1.807, 2.05) is 42.5 Å². The third-order valence-electron chi connectivity index (χ3n) is 8.25. The molecule has 1 fully saturated rings. The van der Waals surface area contributed by atoms with Gasteiger partial charge in [0.25, 0.3) is 0 Å². The highest BCUT2D eigenvalue weighted by molar-refractivity contribution is 6.74. The minimum Gasteiger partial charge on any atom is -0.468 e. The molecule has 1 aliphatic heterocycles. The fourth-order valence-corrected chi connectivity index (χ4v) is 5.96. The van der Waals surface area contributed by atoms with E-state index in [4.69, 9.17) is 23.4 Å². The van der Waals surface area contributed by atoms with Crippen molar-refractivity contribution in [2.45, 2.75) is 64.1 Å². The second-order valence-corrected chi connectivity index (χ2v) is 16.7. The number of carbonyl (C=O) groups is 3. The number of hydrogen-bond donors (Lipinski definition) is 0. The van der Waals surface area contributed by atoms with Gasteiger partial charge in [0.05, 0.1) is 38.1 Å². The molecule has 0 N–H and O–H groups in total. The molecule has 0 amide bonds. The lowest BCUT2D eigenvalue weighted by Gasteiger charge is -2.36. The maximum absolute atomic E-state index is 14.0. The molecule has 1 unspecified atom stereocenters. The Morgan fingerprint density at radius 3 is 2.27 bits per heavy atom. The van der Waals surface area contributed by atoms with E-state index in [0.717, 1.165) is 5.56 Å². The van der Waals surface area contributed by atoms with Gasteiger partial charge in [0.15, 0.2) is 13.7 Å². The minimum atomic E-state index is -2.19. The van der Waals surface area contributed by atoms with Crippen molar-refractivity contribution >= 4 is 37.3 Å². The molecule has 4 rings (SSSR count). The molecule has 3 atom stereocenters. The number of aromatic nitrogens is 1. The molecule has 41 heavy (non-hydrogen) atoms. The van der Waals surface area contributed by atoms with Crippen LogP contribution in [0.4, 0.5) is 4.79 Å². The Balaban J connectivity index is 1.81. The number of ether oxygens (including phenoxy) is 4. The van der Waals surface area contributed by atoms with Crippen molar-refractivity contribution in [3.05, 3.63) is 71.9 Å². The molecule has 0 bridgehead atoms. The second-order valence-electron chi connectivity index (χ2n) is 11.9. The molecule has 2 aromatic carbocycles. The van der Waals surface area contributed by atoms with Crippen LogP contribution < -0.4 is 0 Å². The summed E-state index contributed by atoms with van der Waals surface area (Å²) in [5, 5.41) is 0.657. The van der Waals surface area contributed by atoms with Crippen LogP contribution in [0.2, 0.25) is 18.1 Å². The molecule has 3 aromatic rings. The Morgan fingerprint density at radius 1 is 0.976 bits per heavy atom. The Bertz CT molecular complexity index is 1410. The lowest BCUT2D eigenvalue weighted by atomic mass is 9.78. The first kappa shape index (κ1) is 30.5. The Morgan fingerprint density at radius 2 is 1.63 bits per heavy atom. The van der Waals surface area contributed by atoms with Crippen molar-refractivity contribution in [3.63, 3.8) is 0 Å². The summed E-state index contributed by atoms with van der Waals surface area (Å²) in [6.07, 6.45) is -2.59. The van der Waals surface area contributed by atoms with Crippen LogP contribution in [-0.2, 0) is 39.6 Å². The lowest BCUT2D eigenvalue weighted by Crippen LogP contribution is -2.45. The van der Waals surface area contributed by atoms with Gasteiger partial charge in [0.1, 0.15) is 12.7 Å². The zero-order chi connectivity index (χ0) is 30.0. The lowest BCUT2D eigenvalue weighted by molar-refractivity contribution is -0.177. The number of nitrogens with zero attached hydrogens (tertiary/aromatic N) is 1. The number of benzene rings is 2. The number of fused-ring (bicyclic) bond motifs is 1. The van der Waals surface area contributed by atoms with E-state index in [9.17, 15) is 14.4 Å². The van der Waals surface area contributed by atoms with E-state index in [0.29, 0.717) is 10.9 Å². The summed E-state index contributed by atoms with van der Waals surface area (Å²) in [5.74, 6) is -1.60. The average molecular weight is 582 g/mol. The molecule has 0 spiro atoms. The van der Waals surface area contributed by atoms with Gasteiger partial charge in [0, 0.05) is 11.8 Å². The number of esters is 2. The smallest absolute Gasteiger partial charge is 0.418 e. The van der Waals surface area contributed by atoms with Gasteiger partial charge in [-0.2, -0.15) is 0 Å². The number of hydrogen-bond acceptors (Lipinski definition) is 8. The molecule has 2 heterocycles. The van der Waals surface area contributed by atoms with Gasteiger partial charge in [-0.25, -0.2) is 9.36 Å². The SMILES string of the molecule is COC(=O)n1c([C@H]2O[C@@H](CO[Si](C)(C)C(C)(C)C)CC2(C(=O)OC)C(=O)OCc2ccccc2)cc2ccccc21. The summed E-state index contributed by atoms with van der Waals surface area (Å²) in [4.78, 5) is 40.8. The summed E-state index contributed by atoms with van der Waals surface area (Å²) in [6.45, 7) is 10.8. The predicted molar refractivity (Wildman–Crippen MR) is 156 cm³/mol. The van der Waals surface area contributed by atoms with Crippen LogP contribution in [-0.4, -0.2) is 57.8 Å². The molecule has 9 nitrogen and oxygen atoms in total. The van der Waals surface area contributed by atoms with Crippen molar-refractivity contribution in [3.8, 4) is 0 Å². The molecule has 10 heteroatoms. The Labute approximate surface area is 241 Å². The number of rotatable bonds is 8. The van der Waals surface area contributed by atoms with Crippen LogP contribution in [0.1, 0.15) is 44.6 Å². The summed E-state index contributed by atoms with van der Waals surface area (Å²) >= 11 is 0. The fourth-order valence-electron chi connectivity index (χ4n) is 4.92. The standard InChI is InChI=1S/C31H39NO8Si/c1-30(2,3)41(6,7)39-20-23-18-31(27(33)36-4,28(34)38-19-21-13-9-8-10-14-21)26(40-23)25-17-22-15-11-12-16-24(22)32(25)29(35)37-5/h8-17,23,26H,18-20H2,1-7H3/t23-,26-,31?/m1/s1. The number of para-hydroxylation sites is 1. The zero-order valence-electron chi connectivity index (χ0n) is 24.8. The van der Waals surface area contributed by atoms with Crippen LogP contribution >= 0.6 is 0 Å². The Kier molecular flexibility index (Phi) is 8.77. The topological polar surface area (TPSA) is 102 Å². The molecular formula is C31H39NO8Si. The van der Waals surface area contributed by atoms with Gasteiger partial charge in [0.2, 0.25) is 0 Å². The normalized spacial score (nSPS) is 21.0. The van der Waals surface area contributed by atoms with Crippen LogP contribution in [0, 0.1) is 5.41 Å². The van der Waals surface area contributed by atoms with E-state index in [-0.39, 0.29) is 30.4 Å². The van der Waals surface area contributed by atoms with E-state index in [2.05, 4.69) is 33.9 Å². The van der Waals surface area contributed by atoms with Crippen LogP contribution in [0.3, 0.4) is 0 Å². The first-order valence-corrected chi connectivity index (χ1v) is 16.5. The highest BCUT2D eigenvalue weighted by Crippen LogP contribution is 2.51. The largest absolute Gasteiger partial charge is 0.468 e. The van der Waals surface area contributed by atoms with Gasteiger partial charge in [-0.05, 0) is 35.8 Å². The van der Waals surface area contributed by atoms with Crippen molar-refractivity contribution in [1.82, 2.24) is 4.57 Å².